The highest BCUT2D eigenvalue weighted by atomic mass is 15.2. The van der Waals surface area contributed by atoms with Crippen LogP contribution < -0.4 is 5.32 Å². The summed E-state index contributed by atoms with van der Waals surface area (Å²) in [7, 11) is 2.17. The summed E-state index contributed by atoms with van der Waals surface area (Å²) in [6.45, 7) is 10.8. The Hall–Kier alpha value is -0.0800. The molecule has 0 aliphatic carbocycles. The summed E-state index contributed by atoms with van der Waals surface area (Å²) < 4.78 is 0. The van der Waals surface area contributed by atoms with Crippen molar-refractivity contribution in [3.8, 4) is 0 Å². The molecule has 0 aromatic rings. The van der Waals surface area contributed by atoms with Gasteiger partial charge in [0, 0.05) is 25.2 Å². The predicted octanol–water partition coefficient (Wildman–Crippen LogP) is 1.32. The van der Waals surface area contributed by atoms with Gasteiger partial charge >= 0.3 is 0 Å². The Labute approximate surface area is 71.0 Å². The molecule has 0 spiro atoms. The third kappa shape index (κ3) is 4.38. The molecule has 2 unspecified atom stereocenters. The van der Waals surface area contributed by atoms with Crippen LogP contribution in [-0.4, -0.2) is 37.1 Å². The van der Waals surface area contributed by atoms with E-state index in [0.29, 0.717) is 12.1 Å². The zero-order valence-corrected chi connectivity index (χ0v) is 8.52. The van der Waals surface area contributed by atoms with Crippen molar-refractivity contribution in [2.24, 2.45) is 0 Å². The summed E-state index contributed by atoms with van der Waals surface area (Å²) >= 11 is 0. The van der Waals surface area contributed by atoms with E-state index in [-0.39, 0.29) is 0 Å². The van der Waals surface area contributed by atoms with E-state index in [9.17, 15) is 0 Å². The zero-order valence-electron chi connectivity index (χ0n) is 8.52. The molecule has 0 aromatic carbocycles. The quantitative estimate of drug-likeness (QED) is 0.572. The summed E-state index contributed by atoms with van der Waals surface area (Å²) in [5, 5.41) is 3.47. The molecule has 1 N–H and O–H groups in total. The lowest BCUT2D eigenvalue weighted by atomic mass is 10.2. The van der Waals surface area contributed by atoms with Crippen LogP contribution in [0, 0.1) is 0 Å². The number of hydrogen-bond donors (Lipinski definition) is 1. The van der Waals surface area contributed by atoms with Gasteiger partial charge in [0.15, 0.2) is 0 Å². The maximum absolute atomic E-state index is 3.47. The fraction of sp³-hybridized carbons (Fsp3) is 1.00. The van der Waals surface area contributed by atoms with E-state index in [4.69, 9.17) is 0 Å². The third-order valence-corrected chi connectivity index (χ3v) is 1.74. The highest BCUT2D eigenvalue weighted by Gasteiger charge is 2.16. The van der Waals surface area contributed by atoms with E-state index in [0.717, 1.165) is 0 Å². The van der Waals surface area contributed by atoms with Gasteiger partial charge in [-0.05, 0) is 20.9 Å². The summed E-state index contributed by atoms with van der Waals surface area (Å²) in [5.41, 5.74) is 0. The van der Waals surface area contributed by atoms with E-state index < -0.39 is 0 Å². The largest absolute Gasteiger partial charge is 0.309 e. The Balaban J connectivity index is 0.000000461. The summed E-state index contributed by atoms with van der Waals surface area (Å²) in [4.78, 5) is 2.37. The van der Waals surface area contributed by atoms with Gasteiger partial charge in [-0.2, -0.15) is 0 Å². The molecule has 1 heterocycles. The average molecular weight is 158 g/mol. The lowest BCUT2D eigenvalue weighted by Crippen LogP contribution is -2.52. The fourth-order valence-electron chi connectivity index (χ4n) is 1.60. The van der Waals surface area contributed by atoms with Crippen LogP contribution in [0.25, 0.3) is 0 Å². The second-order valence-electron chi connectivity index (χ2n) is 3.19. The van der Waals surface area contributed by atoms with Crippen LogP contribution >= 0.6 is 0 Å². The fourth-order valence-corrected chi connectivity index (χ4v) is 1.60. The first-order chi connectivity index (χ1) is 5.18. The van der Waals surface area contributed by atoms with Crippen molar-refractivity contribution in [2.75, 3.05) is 20.1 Å². The summed E-state index contributed by atoms with van der Waals surface area (Å²) in [5.74, 6) is 0. The molecule has 0 radical (unpaired) electrons. The third-order valence-electron chi connectivity index (χ3n) is 1.74. The molecule has 1 rings (SSSR count). The minimum Gasteiger partial charge on any atom is -0.309 e. The lowest BCUT2D eigenvalue weighted by molar-refractivity contribution is 0.208. The van der Waals surface area contributed by atoms with E-state index in [1.54, 1.807) is 0 Å². The van der Waals surface area contributed by atoms with Crippen LogP contribution in [0.5, 0.6) is 0 Å². The molecular formula is C9H22N2. The van der Waals surface area contributed by atoms with E-state index >= 15 is 0 Å². The van der Waals surface area contributed by atoms with Gasteiger partial charge in [-0.25, -0.2) is 0 Å². The second-order valence-corrected chi connectivity index (χ2v) is 3.19. The van der Waals surface area contributed by atoms with Crippen molar-refractivity contribution in [1.29, 1.82) is 0 Å². The SMILES string of the molecule is CC.CC1CN(C)CC(C)N1. The summed E-state index contributed by atoms with van der Waals surface area (Å²) in [6.07, 6.45) is 0. The molecule has 1 aliphatic rings. The van der Waals surface area contributed by atoms with Gasteiger partial charge in [-0.15, -0.1) is 0 Å². The van der Waals surface area contributed by atoms with Gasteiger partial charge in [0.25, 0.3) is 0 Å². The van der Waals surface area contributed by atoms with Crippen LogP contribution in [0.4, 0.5) is 0 Å². The second kappa shape index (κ2) is 5.56. The molecule has 1 aliphatic heterocycles. The molecule has 0 amide bonds. The highest BCUT2D eigenvalue weighted by molar-refractivity contribution is 4.78. The van der Waals surface area contributed by atoms with Crippen molar-refractivity contribution in [2.45, 2.75) is 39.8 Å². The Morgan fingerprint density at radius 3 is 1.73 bits per heavy atom. The number of rotatable bonds is 0. The first-order valence-corrected chi connectivity index (χ1v) is 4.63. The molecule has 2 atom stereocenters. The number of piperazine rings is 1. The normalized spacial score (nSPS) is 32.5. The maximum Gasteiger partial charge on any atom is 0.0169 e. The maximum atomic E-state index is 3.47. The number of likely N-dealkylation sites (N-methyl/N-ethyl adjacent to an activating group) is 1. The van der Waals surface area contributed by atoms with E-state index in [1.807, 2.05) is 13.8 Å². The predicted molar refractivity (Wildman–Crippen MR) is 50.9 cm³/mol. The summed E-state index contributed by atoms with van der Waals surface area (Å²) in [6, 6.07) is 1.33. The molecule has 0 aromatic heterocycles. The van der Waals surface area contributed by atoms with Crippen molar-refractivity contribution < 1.29 is 0 Å². The van der Waals surface area contributed by atoms with Crippen molar-refractivity contribution >= 4 is 0 Å². The monoisotopic (exact) mass is 158 g/mol. The first-order valence-electron chi connectivity index (χ1n) is 4.63. The van der Waals surface area contributed by atoms with Crippen molar-refractivity contribution in [3.63, 3.8) is 0 Å². The Bertz CT molecular complexity index is 68.5. The Morgan fingerprint density at radius 1 is 1.09 bits per heavy atom. The minimum absolute atomic E-state index is 0.666. The Kier molecular flexibility index (Phi) is 5.51. The molecule has 2 heteroatoms. The Morgan fingerprint density at radius 2 is 1.45 bits per heavy atom. The smallest absolute Gasteiger partial charge is 0.0169 e. The van der Waals surface area contributed by atoms with Crippen LogP contribution in [0.3, 0.4) is 0 Å². The number of hydrogen-bond acceptors (Lipinski definition) is 2. The standard InChI is InChI=1S/C7H16N2.C2H6/c1-6-4-9(3)5-7(2)8-6;1-2/h6-8H,4-5H2,1-3H3;1-2H3. The molecule has 68 valence electrons. The average Bonchev–Trinajstić information content (AvgIpc) is 1.88. The number of nitrogens with one attached hydrogen (secondary N) is 1. The van der Waals surface area contributed by atoms with E-state index in [2.05, 4.69) is 31.1 Å². The topological polar surface area (TPSA) is 15.3 Å². The highest BCUT2D eigenvalue weighted by Crippen LogP contribution is 1.99. The van der Waals surface area contributed by atoms with Gasteiger partial charge in [-0.1, -0.05) is 13.8 Å². The van der Waals surface area contributed by atoms with Crippen LogP contribution in [-0.2, 0) is 0 Å². The van der Waals surface area contributed by atoms with Gasteiger partial charge in [0.2, 0.25) is 0 Å². The molecule has 1 fully saturated rings. The first kappa shape index (κ1) is 10.9. The van der Waals surface area contributed by atoms with Gasteiger partial charge in [-0.3, -0.25) is 0 Å². The molecule has 1 saturated heterocycles. The molecule has 0 bridgehead atoms. The van der Waals surface area contributed by atoms with Crippen LogP contribution in [0.1, 0.15) is 27.7 Å². The van der Waals surface area contributed by atoms with E-state index in [1.165, 1.54) is 13.1 Å². The van der Waals surface area contributed by atoms with Gasteiger partial charge < -0.3 is 10.2 Å². The van der Waals surface area contributed by atoms with Crippen molar-refractivity contribution in [1.82, 2.24) is 10.2 Å². The molecule has 2 nitrogen and oxygen atoms in total. The van der Waals surface area contributed by atoms with Crippen LogP contribution in [0.2, 0.25) is 0 Å². The van der Waals surface area contributed by atoms with Crippen molar-refractivity contribution in [3.05, 3.63) is 0 Å². The lowest BCUT2D eigenvalue weighted by Gasteiger charge is -2.33. The molecule has 11 heavy (non-hydrogen) atoms. The molecular weight excluding hydrogens is 136 g/mol. The number of nitrogens with zero attached hydrogens (tertiary/aromatic N) is 1. The molecule has 0 saturated carbocycles. The zero-order chi connectivity index (χ0) is 8.85. The van der Waals surface area contributed by atoms with Gasteiger partial charge in [0.05, 0.1) is 0 Å². The minimum atomic E-state index is 0.666. The van der Waals surface area contributed by atoms with Gasteiger partial charge in [0.1, 0.15) is 0 Å². The van der Waals surface area contributed by atoms with Crippen LogP contribution in [0.15, 0.2) is 0 Å².